The van der Waals surface area contributed by atoms with Gasteiger partial charge in [0.05, 0.1) is 19.1 Å². The molecule has 1 saturated carbocycles. The highest BCUT2D eigenvalue weighted by atomic mass is 35.5. The third-order valence-corrected chi connectivity index (χ3v) is 5.17. The molecule has 0 amide bonds. The summed E-state index contributed by atoms with van der Waals surface area (Å²) in [5.41, 5.74) is 0. The lowest BCUT2D eigenvalue weighted by atomic mass is 9.86. The zero-order chi connectivity index (χ0) is 11.5. The monoisotopic (exact) mass is 244 g/mol. The minimum atomic E-state index is 0.477. The summed E-state index contributed by atoms with van der Waals surface area (Å²) in [6.07, 6.45) is 8.12. The van der Waals surface area contributed by atoms with Crippen LogP contribution in [0.5, 0.6) is 0 Å². The molecule has 0 aromatic carbocycles. The van der Waals surface area contributed by atoms with Crippen LogP contribution in [0.15, 0.2) is 0 Å². The maximum absolute atomic E-state index is 6.17. The zero-order valence-electron chi connectivity index (χ0n) is 10.8. The summed E-state index contributed by atoms with van der Waals surface area (Å²) < 4.78 is 0. The average molecular weight is 245 g/mol. The number of quaternary nitrogens is 1. The van der Waals surface area contributed by atoms with Crippen molar-refractivity contribution >= 4 is 11.6 Å². The third kappa shape index (κ3) is 3.37. The second-order valence-electron chi connectivity index (χ2n) is 6.26. The first-order chi connectivity index (χ1) is 7.65. The van der Waals surface area contributed by atoms with E-state index in [0.29, 0.717) is 5.38 Å². The topological polar surface area (TPSA) is 4.44 Å². The first-order valence-corrected chi connectivity index (χ1v) is 7.57. The van der Waals surface area contributed by atoms with Gasteiger partial charge < -0.3 is 4.90 Å². The van der Waals surface area contributed by atoms with Crippen molar-refractivity contribution < 1.29 is 4.90 Å². The molecular weight excluding hydrogens is 218 g/mol. The van der Waals surface area contributed by atoms with Gasteiger partial charge in [0.1, 0.15) is 0 Å². The van der Waals surface area contributed by atoms with Crippen LogP contribution in [0, 0.1) is 11.8 Å². The predicted molar refractivity (Wildman–Crippen MR) is 70.2 cm³/mol. The van der Waals surface area contributed by atoms with Crippen molar-refractivity contribution in [2.45, 2.75) is 63.8 Å². The number of likely N-dealkylation sites (tertiary alicyclic amines) is 1. The average Bonchev–Trinajstić information content (AvgIpc) is 2.25. The Morgan fingerprint density at radius 3 is 2.38 bits per heavy atom. The fourth-order valence-electron chi connectivity index (χ4n) is 3.57. The molecule has 1 saturated heterocycles. The lowest BCUT2D eigenvalue weighted by Gasteiger charge is -2.36. The molecular formula is C14H27ClN+. The van der Waals surface area contributed by atoms with Gasteiger partial charge in [-0.3, -0.25) is 0 Å². The molecule has 3 atom stereocenters. The van der Waals surface area contributed by atoms with Crippen LogP contribution in [0.2, 0.25) is 0 Å². The number of piperidine rings is 1. The lowest BCUT2D eigenvalue weighted by molar-refractivity contribution is -0.933. The predicted octanol–water partition coefficient (Wildman–Crippen LogP) is 2.49. The molecule has 16 heavy (non-hydrogen) atoms. The van der Waals surface area contributed by atoms with Crippen molar-refractivity contribution in [2.24, 2.45) is 11.8 Å². The molecule has 1 aliphatic heterocycles. The van der Waals surface area contributed by atoms with Crippen LogP contribution in [-0.2, 0) is 0 Å². The lowest BCUT2D eigenvalue weighted by Crippen LogP contribution is -3.17. The van der Waals surface area contributed by atoms with Crippen molar-refractivity contribution in [1.29, 1.82) is 0 Å². The molecule has 2 fully saturated rings. The van der Waals surface area contributed by atoms with Gasteiger partial charge in [-0.2, -0.15) is 0 Å². The Hall–Kier alpha value is 0.250. The van der Waals surface area contributed by atoms with Gasteiger partial charge in [0, 0.05) is 17.7 Å². The Balaban J connectivity index is 1.76. The van der Waals surface area contributed by atoms with Crippen LogP contribution in [0.4, 0.5) is 0 Å². The maximum Gasteiger partial charge on any atom is 0.0848 e. The van der Waals surface area contributed by atoms with Gasteiger partial charge in [-0.15, -0.1) is 11.6 Å². The van der Waals surface area contributed by atoms with E-state index >= 15 is 0 Å². The van der Waals surface area contributed by atoms with Gasteiger partial charge in [0.25, 0.3) is 0 Å². The van der Waals surface area contributed by atoms with Crippen molar-refractivity contribution in [3.63, 3.8) is 0 Å². The first-order valence-electron chi connectivity index (χ1n) is 7.13. The van der Waals surface area contributed by atoms with Crippen LogP contribution in [0.1, 0.15) is 52.4 Å². The minimum absolute atomic E-state index is 0.477. The highest BCUT2D eigenvalue weighted by Crippen LogP contribution is 2.26. The second kappa shape index (κ2) is 5.73. The highest BCUT2D eigenvalue weighted by Gasteiger charge is 2.30. The fourth-order valence-corrected chi connectivity index (χ4v) is 3.82. The number of hydrogen-bond donors (Lipinski definition) is 1. The number of nitrogens with one attached hydrogen (secondary N) is 1. The second-order valence-corrected chi connectivity index (χ2v) is 6.88. The van der Waals surface area contributed by atoms with E-state index in [-0.39, 0.29) is 0 Å². The largest absolute Gasteiger partial charge is 0.332 e. The Morgan fingerprint density at radius 1 is 1.06 bits per heavy atom. The molecule has 0 spiro atoms. The molecule has 1 heterocycles. The van der Waals surface area contributed by atoms with Gasteiger partial charge >= 0.3 is 0 Å². The van der Waals surface area contributed by atoms with Crippen LogP contribution in [-0.4, -0.2) is 24.5 Å². The highest BCUT2D eigenvalue weighted by molar-refractivity contribution is 6.20. The molecule has 1 aliphatic carbocycles. The van der Waals surface area contributed by atoms with Crippen molar-refractivity contribution in [3.05, 3.63) is 0 Å². The molecule has 0 bridgehead atoms. The SMILES string of the molecule is CC1CC[NH+](CC2CCC(Cl)CC2)C(C)C1. The van der Waals surface area contributed by atoms with E-state index in [1.807, 2.05) is 4.90 Å². The summed E-state index contributed by atoms with van der Waals surface area (Å²) in [7, 11) is 0. The molecule has 2 heteroatoms. The molecule has 1 nitrogen and oxygen atoms in total. The Morgan fingerprint density at radius 2 is 1.75 bits per heavy atom. The number of rotatable bonds is 2. The van der Waals surface area contributed by atoms with E-state index in [9.17, 15) is 0 Å². The molecule has 0 radical (unpaired) electrons. The van der Waals surface area contributed by atoms with E-state index in [0.717, 1.165) is 17.9 Å². The van der Waals surface area contributed by atoms with Crippen molar-refractivity contribution in [2.75, 3.05) is 13.1 Å². The maximum atomic E-state index is 6.17. The van der Waals surface area contributed by atoms with Gasteiger partial charge in [0.2, 0.25) is 0 Å². The van der Waals surface area contributed by atoms with Gasteiger partial charge in [-0.1, -0.05) is 6.92 Å². The Labute approximate surface area is 106 Å². The van der Waals surface area contributed by atoms with E-state index in [4.69, 9.17) is 11.6 Å². The third-order valence-electron chi connectivity index (χ3n) is 4.74. The van der Waals surface area contributed by atoms with Gasteiger partial charge in [-0.25, -0.2) is 0 Å². The van der Waals surface area contributed by atoms with Crippen molar-refractivity contribution in [1.82, 2.24) is 0 Å². The normalized spacial score (nSPS) is 45.6. The standard InChI is InChI=1S/C14H26ClN/c1-11-7-8-16(12(2)9-11)10-13-3-5-14(15)6-4-13/h11-14H,3-10H2,1-2H3/p+1. The zero-order valence-corrected chi connectivity index (χ0v) is 11.6. The summed E-state index contributed by atoms with van der Waals surface area (Å²) in [6, 6.07) is 0.887. The van der Waals surface area contributed by atoms with Crippen molar-refractivity contribution in [3.8, 4) is 0 Å². The molecule has 0 aromatic heterocycles. The quantitative estimate of drug-likeness (QED) is 0.712. The Kier molecular flexibility index (Phi) is 4.55. The van der Waals surface area contributed by atoms with E-state index in [1.54, 1.807) is 0 Å². The van der Waals surface area contributed by atoms with Crippen LogP contribution < -0.4 is 4.90 Å². The summed E-state index contributed by atoms with van der Waals surface area (Å²) >= 11 is 6.17. The van der Waals surface area contributed by atoms with Crippen LogP contribution in [0.3, 0.4) is 0 Å². The van der Waals surface area contributed by atoms with E-state index in [1.165, 1.54) is 51.6 Å². The number of hydrogen-bond acceptors (Lipinski definition) is 0. The van der Waals surface area contributed by atoms with Crippen LogP contribution in [0.25, 0.3) is 0 Å². The summed E-state index contributed by atoms with van der Waals surface area (Å²) in [5, 5.41) is 0.477. The Bertz CT molecular complexity index is 211. The smallest absolute Gasteiger partial charge is 0.0848 e. The van der Waals surface area contributed by atoms with E-state index < -0.39 is 0 Å². The summed E-state index contributed by atoms with van der Waals surface area (Å²) in [6.45, 7) is 7.67. The fraction of sp³-hybridized carbons (Fsp3) is 1.00. The van der Waals surface area contributed by atoms with Crippen LogP contribution >= 0.6 is 11.6 Å². The van der Waals surface area contributed by atoms with Gasteiger partial charge in [-0.05, 0) is 44.9 Å². The molecule has 2 rings (SSSR count). The molecule has 0 aromatic rings. The molecule has 1 N–H and O–H groups in total. The number of halogens is 1. The molecule has 3 unspecified atom stereocenters. The first kappa shape index (κ1) is 12.7. The molecule has 2 aliphatic rings. The summed E-state index contributed by atoms with van der Waals surface area (Å²) in [5.74, 6) is 1.91. The number of alkyl halides is 1. The molecule has 94 valence electrons. The summed E-state index contributed by atoms with van der Waals surface area (Å²) in [4.78, 5) is 1.87. The van der Waals surface area contributed by atoms with E-state index in [2.05, 4.69) is 13.8 Å². The minimum Gasteiger partial charge on any atom is -0.332 e. The van der Waals surface area contributed by atoms with Gasteiger partial charge in [0.15, 0.2) is 0 Å².